The second-order valence-corrected chi connectivity index (χ2v) is 14.3. The summed E-state index contributed by atoms with van der Waals surface area (Å²) in [6.45, 7) is 9.35. The lowest BCUT2D eigenvalue weighted by Crippen LogP contribution is -2.60. The molecule has 0 aromatic heterocycles. The summed E-state index contributed by atoms with van der Waals surface area (Å²) in [5.41, 5.74) is 3.38. The van der Waals surface area contributed by atoms with E-state index in [2.05, 4.69) is 6.92 Å². The molecule has 0 aliphatic carbocycles. The topological polar surface area (TPSA) is 72.5 Å². The monoisotopic (exact) mass is 684 g/mol. The molecule has 5 rings (SSSR count). The molecule has 0 bridgehead atoms. The molecule has 260 valence electrons. The molecule has 0 N–H and O–H groups in total. The van der Waals surface area contributed by atoms with Gasteiger partial charge in [0.25, 0.3) is 0 Å². The SMILES string of the molecule is CCS[C@@H]1O[C@H](COCc2ccccc2)[C@@H](OCc2ccccc2)[C@H](OCc2ccccc2)[C@H]1OCc1ccccc1C(=O)OC(C)(C)C. The molecular weight excluding hydrogens is 637 g/mol. The van der Waals surface area contributed by atoms with Crippen LogP contribution in [0.4, 0.5) is 0 Å². The van der Waals surface area contributed by atoms with E-state index >= 15 is 0 Å². The molecule has 1 aliphatic heterocycles. The van der Waals surface area contributed by atoms with Crippen LogP contribution in [0.15, 0.2) is 115 Å². The molecule has 0 amide bonds. The highest BCUT2D eigenvalue weighted by molar-refractivity contribution is 7.99. The van der Waals surface area contributed by atoms with Crippen LogP contribution in [0.25, 0.3) is 0 Å². The highest BCUT2D eigenvalue weighted by atomic mass is 32.2. The highest BCUT2D eigenvalue weighted by Gasteiger charge is 2.48. The Morgan fingerprint density at radius 1 is 0.653 bits per heavy atom. The van der Waals surface area contributed by atoms with Crippen LogP contribution in [0.5, 0.6) is 0 Å². The maximum Gasteiger partial charge on any atom is 0.339 e. The van der Waals surface area contributed by atoms with Gasteiger partial charge < -0.3 is 28.4 Å². The van der Waals surface area contributed by atoms with E-state index in [1.54, 1.807) is 17.8 Å². The number of esters is 1. The standard InChI is InChI=1S/C41H48O7S/c1-5-49-40-38(46-28-33-23-15-16-24-34(33)39(42)48-41(2,3)4)37(45-27-32-21-13-8-14-22-32)36(44-26-31-19-11-7-12-20-31)35(47-40)29-43-25-30-17-9-6-10-18-30/h6-24,35-38,40H,5,25-29H2,1-4H3/t35-,36-,37+,38-,40+/m1/s1. The summed E-state index contributed by atoms with van der Waals surface area (Å²) in [6, 6.07) is 37.7. The number of carbonyl (C=O) groups excluding carboxylic acids is 1. The molecule has 8 heteroatoms. The Morgan fingerprint density at radius 3 is 1.73 bits per heavy atom. The number of rotatable bonds is 16. The average molecular weight is 685 g/mol. The lowest BCUT2D eigenvalue weighted by Gasteiger charge is -2.46. The van der Waals surface area contributed by atoms with Gasteiger partial charge in [-0.15, -0.1) is 11.8 Å². The summed E-state index contributed by atoms with van der Waals surface area (Å²) in [5.74, 6) is 0.417. The molecule has 7 nitrogen and oxygen atoms in total. The Hall–Kier alpha value is -3.50. The van der Waals surface area contributed by atoms with Crippen LogP contribution in [0.3, 0.4) is 0 Å². The van der Waals surface area contributed by atoms with Gasteiger partial charge in [-0.3, -0.25) is 0 Å². The molecule has 1 heterocycles. The van der Waals surface area contributed by atoms with Crippen molar-refractivity contribution in [1.29, 1.82) is 0 Å². The molecule has 1 aliphatic rings. The minimum Gasteiger partial charge on any atom is -0.456 e. The quantitative estimate of drug-likeness (QED) is 0.109. The van der Waals surface area contributed by atoms with Crippen molar-refractivity contribution in [3.63, 3.8) is 0 Å². The Labute approximate surface area is 295 Å². The third-order valence-electron chi connectivity index (χ3n) is 7.95. The molecule has 1 saturated heterocycles. The fourth-order valence-corrected chi connectivity index (χ4v) is 6.62. The van der Waals surface area contributed by atoms with Gasteiger partial charge in [-0.25, -0.2) is 4.79 Å². The third-order valence-corrected chi connectivity index (χ3v) is 9.00. The van der Waals surface area contributed by atoms with Crippen molar-refractivity contribution < 1.29 is 33.2 Å². The van der Waals surface area contributed by atoms with Gasteiger partial charge in [0, 0.05) is 0 Å². The van der Waals surface area contributed by atoms with E-state index < -0.39 is 30.0 Å². The van der Waals surface area contributed by atoms with Crippen molar-refractivity contribution in [2.45, 2.75) is 89.6 Å². The molecule has 4 aromatic rings. The van der Waals surface area contributed by atoms with Gasteiger partial charge >= 0.3 is 5.97 Å². The maximum atomic E-state index is 13.2. The van der Waals surface area contributed by atoms with Gasteiger partial charge in [0.1, 0.15) is 35.5 Å². The zero-order valence-electron chi connectivity index (χ0n) is 28.9. The number of ether oxygens (including phenoxy) is 6. The number of hydrogen-bond donors (Lipinski definition) is 0. The maximum absolute atomic E-state index is 13.2. The van der Waals surface area contributed by atoms with Crippen LogP contribution >= 0.6 is 11.8 Å². The van der Waals surface area contributed by atoms with Crippen molar-refractivity contribution in [3.8, 4) is 0 Å². The molecule has 5 atom stereocenters. The predicted molar refractivity (Wildman–Crippen MR) is 193 cm³/mol. The highest BCUT2D eigenvalue weighted by Crippen LogP contribution is 2.35. The van der Waals surface area contributed by atoms with Crippen LogP contribution < -0.4 is 0 Å². The van der Waals surface area contributed by atoms with Crippen LogP contribution in [-0.2, 0) is 54.8 Å². The molecule has 0 unspecified atom stereocenters. The average Bonchev–Trinajstić information content (AvgIpc) is 3.10. The van der Waals surface area contributed by atoms with Gasteiger partial charge in [0.2, 0.25) is 0 Å². The number of benzene rings is 4. The van der Waals surface area contributed by atoms with Crippen LogP contribution in [0.2, 0.25) is 0 Å². The van der Waals surface area contributed by atoms with E-state index in [4.69, 9.17) is 28.4 Å². The normalized spacial score (nSPS) is 20.9. The van der Waals surface area contributed by atoms with Crippen molar-refractivity contribution >= 4 is 17.7 Å². The minimum absolute atomic E-state index is 0.163. The Bertz CT molecular complexity index is 1540. The third kappa shape index (κ3) is 11.3. The van der Waals surface area contributed by atoms with E-state index in [9.17, 15) is 4.79 Å². The Morgan fingerprint density at radius 2 is 1.16 bits per heavy atom. The number of thioether (sulfide) groups is 1. The Kier molecular flexibility index (Phi) is 13.9. The largest absolute Gasteiger partial charge is 0.456 e. The van der Waals surface area contributed by atoms with E-state index in [-0.39, 0.29) is 18.0 Å². The first kappa shape index (κ1) is 36.8. The molecule has 1 fully saturated rings. The van der Waals surface area contributed by atoms with Gasteiger partial charge in [-0.1, -0.05) is 116 Å². The van der Waals surface area contributed by atoms with E-state index in [0.717, 1.165) is 28.0 Å². The first-order valence-corrected chi connectivity index (χ1v) is 18.0. The van der Waals surface area contributed by atoms with Crippen molar-refractivity contribution in [2.24, 2.45) is 0 Å². The molecule has 49 heavy (non-hydrogen) atoms. The van der Waals surface area contributed by atoms with Gasteiger partial charge in [-0.2, -0.15) is 0 Å². The van der Waals surface area contributed by atoms with Gasteiger partial charge in [-0.05, 0) is 54.8 Å². The molecule has 0 spiro atoms. The summed E-state index contributed by atoms with van der Waals surface area (Å²) in [7, 11) is 0. The molecule has 0 radical (unpaired) electrons. The molecular formula is C41H48O7S. The first-order valence-electron chi connectivity index (χ1n) is 16.9. The lowest BCUT2D eigenvalue weighted by molar-refractivity contribution is -0.254. The first-order chi connectivity index (χ1) is 23.8. The Balaban J connectivity index is 1.43. The van der Waals surface area contributed by atoms with Gasteiger partial charge in [0.15, 0.2) is 0 Å². The second kappa shape index (κ2) is 18.5. The van der Waals surface area contributed by atoms with Crippen molar-refractivity contribution in [2.75, 3.05) is 12.4 Å². The van der Waals surface area contributed by atoms with Gasteiger partial charge in [0.05, 0.1) is 38.6 Å². The summed E-state index contributed by atoms with van der Waals surface area (Å²) in [5, 5.41) is 0. The van der Waals surface area contributed by atoms with Crippen molar-refractivity contribution in [3.05, 3.63) is 143 Å². The van der Waals surface area contributed by atoms with E-state index in [1.807, 2.05) is 130 Å². The number of hydrogen-bond acceptors (Lipinski definition) is 8. The summed E-state index contributed by atoms with van der Waals surface area (Å²) >= 11 is 1.66. The van der Waals surface area contributed by atoms with E-state index in [0.29, 0.717) is 32.0 Å². The fourth-order valence-electron chi connectivity index (χ4n) is 5.64. The fraction of sp³-hybridized carbons (Fsp3) is 0.390. The smallest absolute Gasteiger partial charge is 0.339 e. The second-order valence-electron chi connectivity index (χ2n) is 13.0. The zero-order valence-corrected chi connectivity index (χ0v) is 29.7. The minimum atomic E-state index is -0.623. The lowest BCUT2D eigenvalue weighted by atomic mass is 9.98. The van der Waals surface area contributed by atoms with Crippen LogP contribution in [-0.4, -0.2) is 53.8 Å². The molecule has 4 aromatic carbocycles. The number of carbonyl (C=O) groups is 1. The zero-order chi connectivity index (χ0) is 34.5. The molecule has 0 saturated carbocycles. The van der Waals surface area contributed by atoms with Crippen LogP contribution in [0, 0.1) is 0 Å². The summed E-state index contributed by atoms with van der Waals surface area (Å²) in [4.78, 5) is 13.2. The summed E-state index contributed by atoms with van der Waals surface area (Å²) in [6.07, 6.45) is -1.97. The van der Waals surface area contributed by atoms with Crippen molar-refractivity contribution in [1.82, 2.24) is 0 Å². The predicted octanol–water partition coefficient (Wildman–Crippen LogP) is 8.39. The van der Waals surface area contributed by atoms with Crippen LogP contribution in [0.1, 0.15) is 60.3 Å². The van der Waals surface area contributed by atoms with E-state index in [1.165, 1.54) is 0 Å². The summed E-state index contributed by atoms with van der Waals surface area (Å²) < 4.78 is 39.1.